The lowest BCUT2D eigenvalue weighted by atomic mass is 9.48. The number of nitrogens with zero attached hydrogens (tertiary/aromatic N) is 1. The SMILES string of the molecule is CCN(CC)C(=O)[C@@H]1CC[C@H]2[C@H]3CCC(=O)[C@@](C)(CCC(=O)[O-])[C@@H]3CC[C@]12C. The zero-order valence-corrected chi connectivity index (χ0v) is 18.0. The highest BCUT2D eigenvalue weighted by atomic mass is 16.4. The Morgan fingerprint density at radius 1 is 1.07 bits per heavy atom. The molecular weight excluding hydrogens is 354 g/mol. The Kier molecular flexibility index (Phi) is 5.94. The number of carbonyl (C=O) groups excluding carboxylic acids is 3. The van der Waals surface area contributed by atoms with E-state index < -0.39 is 11.4 Å². The minimum Gasteiger partial charge on any atom is -0.550 e. The highest BCUT2D eigenvalue weighted by Gasteiger charge is 2.60. The lowest BCUT2D eigenvalue weighted by Crippen LogP contribution is -2.53. The molecule has 5 nitrogen and oxygen atoms in total. The van der Waals surface area contributed by atoms with Crippen molar-refractivity contribution in [3.8, 4) is 0 Å². The second-order valence-corrected chi connectivity index (χ2v) is 9.81. The molecule has 0 N–H and O–H groups in total. The van der Waals surface area contributed by atoms with E-state index in [1.165, 1.54) is 0 Å². The second kappa shape index (κ2) is 7.79. The van der Waals surface area contributed by atoms with Gasteiger partial charge < -0.3 is 14.8 Å². The van der Waals surface area contributed by atoms with E-state index in [2.05, 4.69) is 6.92 Å². The quantitative estimate of drug-likeness (QED) is 0.699. The number of carboxylic acid groups (broad SMARTS) is 1. The molecule has 5 heteroatoms. The number of Topliss-reactive ketones (excluding diaryl/α,β-unsaturated/α-hetero) is 1. The van der Waals surface area contributed by atoms with Crippen LogP contribution in [0.2, 0.25) is 0 Å². The van der Waals surface area contributed by atoms with Crippen LogP contribution in [0.25, 0.3) is 0 Å². The molecule has 3 aliphatic rings. The smallest absolute Gasteiger partial charge is 0.226 e. The molecular formula is C23H36NO4-. The third kappa shape index (κ3) is 3.29. The molecule has 0 aromatic carbocycles. The number of amides is 1. The molecule has 0 aliphatic heterocycles. The molecule has 3 saturated carbocycles. The van der Waals surface area contributed by atoms with Crippen molar-refractivity contribution in [1.29, 1.82) is 0 Å². The molecule has 3 fully saturated rings. The normalized spacial score (nSPS) is 39.9. The Labute approximate surface area is 169 Å². The van der Waals surface area contributed by atoms with E-state index in [9.17, 15) is 19.5 Å². The van der Waals surface area contributed by atoms with E-state index in [-0.39, 0.29) is 29.5 Å². The number of ketones is 1. The van der Waals surface area contributed by atoms with Crippen LogP contribution < -0.4 is 5.11 Å². The van der Waals surface area contributed by atoms with Crippen LogP contribution in [0, 0.1) is 34.5 Å². The van der Waals surface area contributed by atoms with Gasteiger partial charge in [0.1, 0.15) is 5.78 Å². The van der Waals surface area contributed by atoms with Crippen molar-refractivity contribution < 1.29 is 19.5 Å². The predicted molar refractivity (Wildman–Crippen MR) is 105 cm³/mol. The third-order valence-corrected chi connectivity index (χ3v) is 8.82. The first kappa shape index (κ1) is 21.3. The second-order valence-electron chi connectivity index (χ2n) is 9.81. The number of hydrogen-bond donors (Lipinski definition) is 0. The summed E-state index contributed by atoms with van der Waals surface area (Å²) in [5.41, 5.74) is -0.540. The molecule has 0 aromatic heterocycles. The molecule has 0 heterocycles. The Bertz CT molecular complexity index is 643. The fourth-order valence-corrected chi connectivity index (χ4v) is 7.12. The molecule has 0 unspecified atom stereocenters. The first-order chi connectivity index (χ1) is 13.2. The number of rotatable bonds is 6. The molecule has 0 aromatic rings. The van der Waals surface area contributed by atoms with Crippen LogP contribution in [0.15, 0.2) is 0 Å². The highest BCUT2D eigenvalue weighted by molar-refractivity contribution is 5.86. The van der Waals surface area contributed by atoms with Crippen LogP contribution in [0.5, 0.6) is 0 Å². The first-order valence-corrected chi connectivity index (χ1v) is 11.2. The monoisotopic (exact) mass is 390 g/mol. The van der Waals surface area contributed by atoms with Crippen molar-refractivity contribution in [2.24, 2.45) is 34.5 Å². The molecule has 1 amide bonds. The van der Waals surface area contributed by atoms with E-state index in [1.54, 1.807) is 0 Å². The lowest BCUT2D eigenvalue weighted by Gasteiger charge is -2.55. The zero-order chi connectivity index (χ0) is 20.7. The summed E-state index contributed by atoms with van der Waals surface area (Å²) in [5.74, 6) is 0.692. The van der Waals surface area contributed by atoms with Gasteiger partial charge in [-0.1, -0.05) is 13.8 Å². The predicted octanol–water partition coefficient (Wildman–Crippen LogP) is 2.81. The fourth-order valence-electron chi connectivity index (χ4n) is 7.12. The number of carbonyl (C=O) groups is 3. The number of fused-ring (bicyclic) bond motifs is 3. The molecule has 0 radical (unpaired) electrons. The Morgan fingerprint density at radius 3 is 2.36 bits per heavy atom. The maximum absolute atomic E-state index is 13.2. The number of hydrogen-bond acceptors (Lipinski definition) is 4. The molecule has 6 atom stereocenters. The highest BCUT2D eigenvalue weighted by Crippen LogP contribution is 2.64. The van der Waals surface area contributed by atoms with Crippen molar-refractivity contribution in [1.82, 2.24) is 4.90 Å². The Morgan fingerprint density at radius 2 is 1.75 bits per heavy atom. The average molecular weight is 391 g/mol. The minimum atomic E-state index is -1.07. The van der Waals surface area contributed by atoms with Crippen LogP contribution >= 0.6 is 0 Å². The van der Waals surface area contributed by atoms with Gasteiger partial charge >= 0.3 is 0 Å². The largest absolute Gasteiger partial charge is 0.550 e. The average Bonchev–Trinajstić information content (AvgIpc) is 3.01. The molecule has 0 bridgehead atoms. The molecule has 28 heavy (non-hydrogen) atoms. The standard InChI is InChI=1S/C23H37NO4/c1-5-24(6-2)21(28)18-9-8-16-15-7-10-19(25)23(4,14-12-20(26)27)17(15)11-13-22(16,18)3/h15-18H,5-14H2,1-4H3,(H,26,27)/p-1/t15-,16+,17-,18+,22+,23+/m1/s1. The summed E-state index contributed by atoms with van der Waals surface area (Å²) >= 11 is 0. The number of carboxylic acids is 1. The summed E-state index contributed by atoms with van der Waals surface area (Å²) in [6.45, 7) is 9.90. The van der Waals surface area contributed by atoms with Crippen LogP contribution in [0.4, 0.5) is 0 Å². The van der Waals surface area contributed by atoms with Gasteiger partial charge in [-0.05, 0) is 82.0 Å². The van der Waals surface area contributed by atoms with Crippen molar-refractivity contribution in [3.63, 3.8) is 0 Å². The van der Waals surface area contributed by atoms with E-state index >= 15 is 0 Å². The Balaban J connectivity index is 1.84. The van der Waals surface area contributed by atoms with E-state index in [1.807, 2.05) is 25.7 Å². The maximum Gasteiger partial charge on any atom is 0.226 e. The van der Waals surface area contributed by atoms with E-state index in [0.717, 1.165) is 45.2 Å². The number of aliphatic carboxylic acids is 1. The van der Waals surface area contributed by atoms with Gasteiger partial charge in [0.2, 0.25) is 5.91 Å². The van der Waals surface area contributed by atoms with Gasteiger partial charge in [0.05, 0.1) is 0 Å². The van der Waals surface area contributed by atoms with Gasteiger partial charge in [0, 0.05) is 36.8 Å². The molecule has 3 rings (SSSR count). The van der Waals surface area contributed by atoms with Crippen molar-refractivity contribution >= 4 is 17.7 Å². The summed E-state index contributed by atoms with van der Waals surface area (Å²) in [4.78, 5) is 39.0. The lowest BCUT2D eigenvalue weighted by molar-refractivity contribution is -0.306. The summed E-state index contributed by atoms with van der Waals surface area (Å²) in [5, 5.41) is 11.1. The molecule has 0 saturated heterocycles. The molecule has 158 valence electrons. The summed E-state index contributed by atoms with van der Waals surface area (Å²) in [7, 11) is 0. The zero-order valence-electron chi connectivity index (χ0n) is 18.0. The van der Waals surface area contributed by atoms with Gasteiger partial charge in [-0.15, -0.1) is 0 Å². The summed E-state index contributed by atoms with van der Waals surface area (Å²) in [6, 6.07) is 0. The van der Waals surface area contributed by atoms with Gasteiger partial charge in [-0.2, -0.15) is 0 Å². The van der Waals surface area contributed by atoms with Gasteiger partial charge in [0.15, 0.2) is 0 Å². The van der Waals surface area contributed by atoms with E-state index in [0.29, 0.717) is 30.6 Å². The van der Waals surface area contributed by atoms with Gasteiger partial charge in [-0.25, -0.2) is 0 Å². The van der Waals surface area contributed by atoms with Gasteiger partial charge in [-0.3, -0.25) is 9.59 Å². The first-order valence-electron chi connectivity index (χ1n) is 11.2. The van der Waals surface area contributed by atoms with E-state index in [4.69, 9.17) is 0 Å². The minimum absolute atomic E-state index is 0.0104. The topological polar surface area (TPSA) is 77.5 Å². The van der Waals surface area contributed by atoms with Crippen LogP contribution in [0.1, 0.15) is 79.1 Å². The third-order valence-electron chi connectivity index (χ3n) is 8.82. The summed E-state index contributed by atoms with van der Waals surface area (Å²) in [6.07, 6.45) is 5.68. The fraction of sp³-hybridized carbons (Fsp3) is 0.870. The van der Waals surface area contributed by atoms with Gasteiger partial charge in [0.25, 0.3) is 0 Å². The Hall–Kier alpha value is -1.39. The van der Waals surface area contributed by atoms with Crippen LogP contribution in [0.3, 0.4) is 0 Å². The van der Waals surface area contributed by atoms with Crippen LogP contribution in [-0.2, 0) is 14.4 Å². The summed E-state index contributed by atoms with van der Waals surface area (Å²) < 4.78 is 0. The van der Waals surface area contributed by atoms with Crippen molar-refractivity contribution in [2.75, 3.05) is 13.1 Å². The van der Waals surface area contributed by atoms with Crippen LogP contribution in [-0.4, -0.2) is 35.6 Å². The maximum atomic E-state index is 13.2. The molecule has 3 aliphatic carbocycles. The molecule has 0 spiro atoms. The van der Waals surface area contributed by atoms with Crippen molar-refractivity contribution in [2.45, 2.75) is 79.1 Å². The van der Waals surface area contributed by atoms with Crippen molar-refractivity contribution in [3.05, 3.63) is 0 Å².